The molecule has 11 heteroatoms. The van der Waals surface area contributed by atoms with E-state index in [-0.39, 0.29) is 40.5 Å². The number of hydrogen-bond donors (Lipinski definition) is 1. The van der Waals surface area contributed by atoms with Gasteiger partial charge < -0.3 is 15.0 Å². The van der Waals surface area contributed by atoms with E-state index in [4.69, 9.17) is 16.3 Å². The first-order valence-electron chi connectivity index (χ1n) is 16.4. The van der Waals surface area contributed by atoms with E-state index in [2.05, 4.69) is 5.32 Å². The number of nitrogens with zero attached hydrogens (tertiary/aromatic N) is 2. The Labute approximate surface area is 292 Å². The maximum absolute atomic E-state index is 14.7. The molecule has 0 saturated heterocycles. The molecule has 0 spiro atoms. The molecule has 49 heavy (non-hydrogen) atoms. The van der Waals surface area contributed by atoms with Gasteiger partial charge in [-0.3, -0.25) is 13.9 Å². The van der Waals surface area contributed by atoms with Gasteiger partial charge in [0.2, 0.25) is 11.8 Å². The zero-order valence-corrected chi connectivity index (χ0v) is 29.2. The predicted octanol–water partition coefficient (Wildman–Crippen LogP) is 7.08. The van der Waals surface area contributed by atoms with Crippen molar-refractivity contribution >= 4 is 39.1 Å². The molecule has 258 valence electrons. The topological polar surface area (TPSA) is 96.0 Å². The Bertz CT molecular complexity index is 1830. The molecule has 2 amide bonds. The van der Waals surface area contributed by atoms with Crippen molar-refractivity contribution in [3.63, 3.8) is 0 Å². The summed E-state index contributed by atoms with van der Waals surface area (Å²) in [6, 6.07) is 24.8. The van der Waals surface area contributed by atoms with Gasteiger partial charge in [0.25, 0.3) is 10.0 Å². The minimum atomic E-state index is -4.31. The number of methoxy groups -OCH3 is 1. The average molecular weight is 706 g/mol. The van der Waals surface area contributed by atoms with Crippen LogP contribution >= 0.6 is 11.6 Å². The molecular formula is C38H41ClFN3O5S. The molecule has 1 aliphatic carbocycles. The van der Waals surface area contributed by atoms with Crippen LogP contribution in [0.3, 0.4) is 0 Å². The zero-order valence-electron chi connectivity index (χ0n) is 27.6. The molecule has 1 unspecified atom stereocenters. The summed E-state index contributed by atoms with van der Waals surface area (Å²) >= 11 is 6.46. The number of halogens is 2. The van der Waals surface area contributed by atoms with E-state index in [1.807, 2.05) is 37.3 Å². The summed E-state index contributed by atoms with van der Waals surface area (Å²) in [5.74, 6) is -1.05. The SMILES string of the molecule is COc1ccc(N(CC(=O)N(Cc2ccc(F)cc2)C(Cc2ccccc2)C(=O)NC2CCCCC2)S(=O)(=O)c2ccc(C)cc2)cc1Cl. The zero-order chi connectivity index (χ0) is 35.0. The Balaban J connectivity index is 1.58. The van der Waals surface area contributed by atoms with Crippen LogP contribution in [0.4, 0.5) is 10.1 Å². The van der Waals surface area contributed by atoms with E-state index >= 15 is 0 Å². The summed E-state index contributed by atoms with van der Waals surface area (Å²) in [7, 11) is -2.86. The molecular weight excluding hydrogens is 665 g/mol. The van der Waals surface area contributed by atoms with Crippen molar-refractivity contribution in [2.75, 3.05) is 18.0 Å². The molecule has 1 aliphatic rings. The Morgan fingerprint density at radius 3 is 2.22 bits per heavy atom. The summed E-state index contributed by atoms with van der Waals surface area (Å²) in [5.41, 5.74) is 2.42. The first-order chi connectivity index (χ1) is 23.5. The molecule has 4 aromatic rings. The van der Waals surface area contributed by atoms with Crippen molar-refractivity contribution in [2.45, 2.75) is 69.0 Å². The van der Waals surface area contributed by atoms with Crippen molar-refractivity contribution in [2.24, 2.45) is 0 Å². The van der Waals surface area contributed by atoms with Crippen LogP contribution in [0.15, 0.2) is 102 Å². The summed E-state index contributed by atoms with van der Waals surface area (Å²) in [4.78, 5) is 30.3. The fourth-order valence-electron chi connectivity index (χ4n) is 6.06. The molecule has 1 atom stereocenters. The number of carbonyl (C=O) groups excluding carboxylic acids is 2. The number of ether oxygens (including phenoxy) is 1. The maximum Gasteiger partial charge on any atom is 0.264 e. The molecule has 0 aliphatic heterocycles. The third-order valence-electron chi connectivity index (χ3n) is 8.80. The summed E-state index contributed by atoms with van der Waals surface area (Å²) < 4.78 is 48.8. The van der Waals surface area contributed by atoms with Gasteiger partial charge in [-0.25, -0.2) is 12.8 Å². The number of rotatable bonds is 13. The van der Waals surface area contributed by atoms with Crippen molar-refractivity contribution in [1.29, 1.82) is 0 Å². The summed E-state index contributed by atoms with van der Waals surface area (Å²) in [6.45, 7) is 1.15. The number of anilines is 1. The molecule has 4 aromatic carbocycles. The molecule has 0 aromatic heterocycles. The lowest BCUT2D eigenvalue weighted by Gasteiger charge is -2.35. The first-order valence-corrected chi connectivity index (χ1v) is 18.2. The van der Waals surface area contributed by atoms with Gasteiger partial charge in [-0.15, -0.1) is 0 Å². The number of carbonyl (C=O) groups is 2. The third kappa shape index (κ3) is 9.19. The summed E-state index contributed by atoms with van der Waals surface area (Å²) in [6.07, 6.45) is 4.99. The van der Waals surface area contributed by atoms with Gasteiger partial charge in [0.1, 0.15) is 24.2 Å². The van der Waals surface area contributed by atoms with Crippen molar-refractivity contribution in [3.05, 3.63) is 125 Å². The molecule has 0 heterocycles. The monoisotopic (exact) mass is 705 g/mol. The smallest absolute Gasteiger partial charge is 0.264 e. The maximum atomic E-state index is 14.7. The molecule has 1 N–H and O–H groups in total. The second-order valence-corrected chi connectivity index (χ2v) is 14.6. The minimum Gasteiger partial charge on any atom is -0.495 e. The average Bonchev–Trinajstić information content (AvgIpc) is 3.10. The second-order valence-electron chi connectivity index (χ2n) is 12.3. The lowest BCUT2D eigenvalue weighted by molar-refractivity contribution is -0.140. The largest absolute Gasteiger partial charge is 0.495 e. The fraction of sp³-hybridized carbons (Fsp3) is 0.316. The highest BCUT2D eigenvalue weighted by Crippen LogP contribution is 2.32. The predicted molar refractivity (Wildman–Crippen MR) is 190 cm³/mol. The molecule has 0 bridgehead atoms. The van der Waals surface area contributed by atoms with Crippen molar-refractivity contribution in [3.8, 4) is 5.75 Å². The third-order valence-corrected chi connectivity index (χ3v) is 10.9. The van der Waals surface area contributed by atoms with Crippen LogP contribution < -0.4 is 14.4 Å². The lowest BCUT2D eigenvalue weighted by atomic mass is 9.94. The van der Waals surface area contributed by atoms with Crippen LogP contribution in [-0.2, 0) is 32.6 Å². The lowest BCUT2D eigenvalue weighted by Crippen LogP contribution is -2.55. The van der Waals surface area contributed by atoms with Crippen molar-refractivity contribution in [1.82, 2.24) is 10.2 Å². The Hall–Kier alpha value is -4.41. The highest BCUT2D eigenvalue weighted by Gasteiger charge is 2.35. The van der Waals surface area contributed by atoms with Gasteiger partial charge in [-0.1, -0.05) is 91.0 Å². The number of aryl methyl sites for hydroxylation is 1. The van der Waals surface area contributed by atoms with E-state index in [1.54, 1.807) is 24.3 Å². The van der Waals surface area contributed by atoms with Crippen molar-refractivity contribution < 1.29 is 27.1 Å². The Morgan fingerprint density at radius 1 is 0.918 bits per heavy atom. The minimum absolute atomic E-state index is 0.0150. The molecule has 1 saturated carbocycles. The van der Waals surface area contributed by atoms with Gasteiger partial charge in [-0.2, -0.15) is 0 Å². The Kier molecular flexibility index (Phi) is 12.0. The van der Waals surface area contributed by atoms with Gasteiger partial charge in [0.05, 0.1) is 22.7 Å². The molecule has 0 radical (unpaired) electrons. The highest BCUT2D eigenvalue weighted by atomic mass is 35.5. The van der Waals surface area contributed by atoms with Gasteiger partial charge in [0.15, 0.2) is 0 Å². The highest BCUT2D eigenvalue weighted by molar-refractivity contribution is 7.92. The van der Waals surface area contributed by atoms with Crippen LogP contribution in [0.25, 0.3) is 0 Å². The quantitative estimate of drug-likeness (QED) is 0.160. The first kappa shape index (κ1) is 35.9. The number of benzene rings is 4. The van der Waals surface area contributed by atoms with Crippen LogP contribution in [0.5, 0.6) is 5.75 Å². The number of nitrogens with one attached hydrogen (secondary N) is 1. The van der Waals surface area contributed by atoms with E-state index in [1.165, 1.54) is 54.5 Å². The number of hydrogen-bond acceptors (Lipinski definition) is 5. The van der Waals surface area contributed by atoms with E-state index in [9.17, 15) is 22.4 Å². The van der Waals surface area contributed by atoms with E-state index < -0.39 is 34.3 Å². The number of sulfonamides is 1. The fourth-order valence-corrected chi connectivity index (χ4v) is 7.72. The van der Waals surface area contributed by atoms with Gasteiger partial charge >= 0.3 is 0 Å². The summed E-state index contributed by atoms with van der Waals surface area (Å²) in [5, 5.41) is 3.34. The van der Waals surface area contributed by atoms with Crippen LogP contribution in [0, 0.1) is 12.7 Å². The van der Waals surface area contributed by atoms with E-state index in [0.29, 0.717) is 11.3 Å². The second kappa shape index (κ2) is 16.3. The standard InChI is InChI=1S/C38H41ClFN3O5S/c1-27-13-20-33(21-14-27)49(46,47)43(32-19-22-36(48-2)34(39)24-32)26-37(44)42(25-29-15-17-30(40)18-16-29)35(23-28-9-5-3-6-10-28)38(45)41-31-11-7-4-8-12-31/h3,5-6,9-10,13-22,24,31,35H,4,7-8,11-12,23,25-26H2,1-2H3,(H,41,45). The normalized spacial score (nSPS) is 14.1. The van der Waals surface area contributed by atoms with Crippen LogP contribution in [-0.4, -0.2) is 50.9 Å². The van der Waals surface area contributed by atoms with E-state index in [0.717, 1.165) is 47.5 Å². The number of amides is 2. The van der Waals surface area contributed by atoms with Crippen LogP contribution in [0.2, 0.25) is 5.02 Å². The molecule has 5 rings (SSSR count). The molecule has 1 fully saturated rings. The van der Waals surface area contributed by atoms with Gasteiger partial charge in [-0.05, 0) is 73.4 Å². The Morgan fingerprint density at radius 2 is 1.59 bits per heavy atom. The van der Waals surface area contributed by atoms with Crippen LogP contribution in [0.1, 0.15) is 48.8 Å². The molecule has 8 nitrogen and oxygen atoms in total. The van der Waals surface area contributed by atoms with Gasteiger partial charge in [0, 0.05) is 19.0 Å².